The lowest BCUT2D eigenvalue weighted by molar-refractivity contribution is -0.130. The summed E-state index contributed by atoms with van der Waals surface area (Å²) in [6.45, 7) is 9.69. The number of nitrogens with zero attached hydrogens (tertiary/aromatic N) is 3. The maximum Gasteiger partial charge on any atom is 0.227 e. The molecular weight excluding hydrogens is 398 g/mol. The first-order chi connectivity index (χ1) is 14.0. The van der Waals surface area contributed by atoms with E-state index in [1.807, 2.05) is 16.7 Å². The number of aryl methyl sites for hydroxylation is 1. The smallest absolute Gasteiger partial charge is 0.227 e. The van der Waals surface area contributed by atoms with E-state index in [9.17, 15) is 4.79 Å². The summed E-state index contributed by atoms with van der Waals surface area (Å²) in [7, 11) is 0. The number of hydrogen-bond acceptors (Lipinski definition) is 5. The lowest BCUT2D eigenvalue weighted by atomic mass is 10.1. The molecule has 1 saturated heterocycles. The monoisotopic (exact) mass is 425 g/mol. The van der Waals surface area contributed by atoms with E-state index in [0.29, 0.717) is 11.7 Å². The van der Waals surface area contributed by atoms with Crippen LogP contribution in [0, 0.1) is 6.92 Å². The lowest BCUT2D eigenvalue weighted by Crippen LogP contribution is -2.49. The van der Waals surface area contributed by atoms with E-state index in [1.165, 1.54) is 15.2 Å². The molecule has 1 aliphatic heterocycles. The highest BCUT2D eigenvalue weighted by Crippen LogP contribution is 2.31. The Kier molecular flexibility index (Phi) is 6.11. The van der Waals surface area contributed by atoms with Crippen LogP contribution in [0.25, 0.3) is 10.2 Å². The van der Waals surface area contributed by atoms with Crippen LogP contribution in [0.3, 0.4) is 0 Å². The normalized spacial score (nSPS) is 14.8. The minimum Gasteiger partial charge on any atom is -0.345 e. The summed E-state index contributed by atoms with van der Waals surface area (Å²) in [5.74, 6) is 0.217. The Labute approximate surface area is 180 Å². The van der Waals surface area contributed by atoms with Gasteiger partial charge in [-0.15, -0.1) is 11.8 Å². The molecule has 4 rings (SSSR count). The summed E-state index contributed by atoms with van der Waals surface area (Å²) in [6.07, 6.45) is 0.479. The van der Waals surface area contributed by atoms with Gasteiger partial charge in [-0.25, -0.2) is 4.98 Å². The number of carbonyl (C=O) groups excluding carboxylic acids is 1. The Bertz CT molecular complexity index is 989. The molecular formula is C23H27N3OS2. The molecule has 1 amide bonds. The van der Waals surface area contributed by atoms with Crippen molar-refractivity contribution in [2.24, 2.45) is 0 Å². The highest BCUT2D eigenvalue weighted by molar-refractivity contribution is 7.99. The Balaban J connectivity index is 1.34. The second-order valence-electron chi connectivity index (χ2n) is 7.77. The van der Waals surface area contributed by atoms with Gasteiger partial charge in [0.25, 0.3) is 0 Å². The second kappa shape index (κ2) is 8.76. The number of fused-ring (bicyclic) bond motifs is 1. The van der Waals surface area contributed by atoms with Crippen LogP contribution in [0.5, 0.6) is 0 Å². The third kappa shape index (κ3) is 4.75. The Morgan fingerprint density at radius 1 is 1.10 bits per heavy atom. The third-order valence-electron chi connectivity index (χ3n) is 5.16. The van der Waals surface area contributed by atoms with Crippen LogP contribution in [0.4, 0.5) is 5.13 Å². The van der Waals surface area contributed by atoms with Gasteiger partial charge in [-0.2, -0.15) is 0 Å². The predicted molar refractivity (Wildman–Crippen MR) is 124 cm³/mol. The van der Waals surface area contributed by atoms with E-state index in [0.717, 1.165) is 42.4 Å². The number of amides is 1. The molecule has 4 nitrogen and oxygen atoms in total. The van der Waals surface area contributed by atoms with Crippen molar-refractivity contribution in [2.75, 3.05) is 31.1 Å². The van der Waals surface area contributed by atoms with Gasteiger partial charge in [-0.1, -0.05) is 49.4 Å². The molecule has 1 aliphatic rings. The molecule has 0 spiro atoms. The largest absolute Gasteiger partial charge is 0.345 e. The fraction of sp³-hybridized carbons (Fsp3) is 0.391. The predicted octanol–water partition coefficient (Wildman–Crippen LogP) is 5.00. The number of anilines is 1. The highest BCUT2D eigenvalue weighted by atomic mass is 32.2. The molecule has 2 heterocycles. The van der Waals surface area contributed by atoms with Crippen LogP contribution >= 0.6 is 23.1 Å². The number of hydrogen-bond donors (Lipinski definition) is 0. The van der Waals surface area contributed by atoms with Gasteiger partial charge < -0.3 is 9.80 Å². The molecule has 152 valence electrons. The van der Waals surface area contributed by atoms with E-state index in [-0.39, 0.29) is 5.91 Å². The number of para-hydroxylation sites is 1. The zero-order valence-corrected chi connectivity index (χ0v) is 18.9. The number of benzene rings is 2. The van der Waals surface area contributed by atoms with Crippen LogP contribution in [0.2, 0.25) is 0 Å². The average Bonchev–Trinajstić information content (AvgIpc) is 3.15. The van der Waals surface area contributed by atoms with E-state index in [1.54, 1.807) is 11.3 Å². The van der Waals surface area contributed by atoms with Crippen LogP contribution in [-0.2, 0) is 11.2 Å². The average molecular weight is 426 g/mol. The number of aromatic nitrogens is 1. The first-order valence-corrected chi connectivity index (χ1v) is 11.8. The molecule has 6 heteroatoms. The second-order valence-corrected chi connectivity index (χ2v) is 10.4. The SMILES string of the molecule is Cc1cccc2sc(N3CCN(C(=O)Cc4ccc(SC(C)C)cc4)CC3)nc12. The van der Waals surface area contributed by atoms with Crippen molar-refractivity contribution in [1.29, 1.82) is 0 Å². The highest BCUT2D eigenvalue weighted by Gasteiger charge is 2.23. The minimum atomic E-state index is 0.217. The maximum atomic E-state index is 12.7. The topological polar surface area (TPSA) is 36.4 Å². The van der Waals surface area contributed by atoms with E-state index >= 15 is 0 Å². The molecule has 0 aliphatic carbocycles. The zero-order valence-electron chi connectivity index (χ0n) is 17.2. The van der Waals surface area contributed by atoms with Gasteiger partial charge >= 0.3 is 0 Å². The van der Waals surface area contributed by atoms with Crippen LogP contribution in [-0.4, -0.2) is 47.2 Å². The molecule has 0 bridgehead atoms. The van der Waals surface area contributed by atoms with Crippen molar-refractivity contribution in [2.45, 2.75) is 37.3 Å². The maximum absolute atomic E-state index is 12.7. The fourth-order valence-corrected chi connectivity index (χ4v) is 5.53. The summed E-state index contributed by atoms with van der Waals surface area (Å²) in [5, 5.41) is 1.64. The molecule has 0 atom stereocenters. The zero-order chi connectivity index (χ0) is 20.4. The first-order valence-electron chi connectivity index (χ1n) is 10.1. The van der Waals surface area contributed by atoms with Crippen LogP contribution < -0.4 is 4.90 Å². The molecule has 1 aromatic heterocycles. The standard InChI is InChI=1S/C23H27N3OS2/c1-16(2)28-19-9-7-18(8-10-19)15-21(27)25-11-13-26(14-12-25)23-24-22-17(3)5-4-6-20(22)29-23/h4-10,16H,11-15H2,1-3H3. The first kappa shape index (κ1) is 20.2. The van der Waals surface area contributed by atoms with Crippen molar-refractivity contribution in [1.82, 2.24) is 9.88 Å². The molecule has 2 aromatic carbocycles. The Hall–Kier alpha value is -2.05. The number of thioether (sulfide) groups is 1. The fourth-order valence-electron chi connectivity index (χ4n) is 3.60. The van der Waals surface area contributed by atoms with Crippen molar-refractivity contribution in [3.05, 3.63) is 53.6 Å². The summed E-state index contributed by atoms with van der Waals surface area (Å²) >= 11 is 3.59. The molecule has 0 saturated carbocycles. The summed E-state index contributed by atoms with van der Waals surface area (Å²) in [5.41, 5.74) is 3.41. The van der Waals surface area contributed by atoms with Gasteiger partial charge in [0, 0.05) is 36.3 Å². The summed E-state index contributed by atoms with van der Waals surface area (Å²) in [6, 6.07) is 14.8. The minimum absolute atomic E-state index is 0.217. The molecule has 0 N–H and O–H groups in total. The van der Waals surface area contributed by atoms with Crippen molar-refractivity contribution >= 4 is 44.4 Å². The van der Waals surface area contributed by atoms with Crippen molar-refractivity contribution in [3.8, 4) is 0 Å². The lowest BCUT2D eigenvalue weighted by Gasteiger charge is -2.34. The molecule has 1 fully saturated rings. The van der Waals surface area contributed by atoms with E-state index < -0.39 is 0 Å². The van der Waals surface area contributed by atoms with Gasteiger partial charge in [0.1, 0.15) is 0 Å². The Morgan fingerprint density at radius 2 is 1.83 bits per heavy atom. The van der Waals surface area contributed by atoms with E-state index in [4.69, 9.17) is 4.98 Å². The Morgan fingerprint density at radius 3 is 2.48 bits per heavy atom. The summed E-state index contributed by atoms with van der Waals surface area (Å²) < 4.78 is 1.23. The quantitative estimate of drug-likeness (QED) is 0.539. The van der Waals surface area contributed by atoms with Gasteiger partial charge in [-0.3, -0.25) is 4.79 Å². The number of piperazine rings is 1. The third-order valence-corrected chi connectivity index (χ3v) is 7.26. The number of rotatable bonds is 5. The van der Waals surface area contributed by atoms with Gasteiger partial charge in [0.15, 0.2) is 5.13 Å². The molecule has 29 heavy (non-hydrogen) atoms. The van der Waals surface area contributed by atoms with Crippen molar-refractivity contribution in [3.63, 3.8) is 0 Å². The van der Waals surface area contributed by atoms with Gasteiger partial charge in [0.2, 0.25) is 5.91 Å². The number of thiazole rings is 1. The van der Waals surface area contributed by atoms with Gasteiger partial charge in [0.05, 0.1) is 16.6 Å². The molecule has 0 unspecified atom stereocenters. The van der Waals surface area contributed by atoms with Crippen LogP contribution in [0.15, 0.2) is 47.4 Å². The van der Waals surface area contributed by atoms with Crippen LogP contribution in [0.1, 0.15) is 25.0 Å². The van der Waals surface area contributed by atoms with Gasteiger partial charge in [-0.05, 0) is 36.2 Å². The van der Waals surface area contributed by atoms with E-state index in [2.05, 4.69) is 68.1 Å². The molecule has 0 radical (unpaired) electrons. The summed E-state index contributed by atoms with van der Waals surface area (Å²) in [4.78, 5) is 23.2. The molecule has 3 aromatic rings. The number of carbonyl (C=O) groups is 1. The van der Waals surface area contributed by atoms with Crippen molar-refractivity contribution < 1.29 is 4.79 Å².